The Morgan fingerprint density at radius 3 is 2.25 bits per heavy atom. The monoisotopic (exact) mass is 354 g/mol. The maximum absolute atomic E-state index is 5.44. The van der Waals surface area contributed by atoms with Crippen molar-refractivity contribution in [2.24, 2.45) is 0 Å². The van der Waals surface area contributed by atoms with Crippen molar-refractivity contribution in [3.8, 4) is 26.9 Å². The fourth-order valence-electron chi connectivity index (χ4n) is 2.31. The second-order valence-corrected chi connectivity index (χ2v) is 6.61. The Hall–Kier alpha value is -2.24. The van der Waals surface area contributed by atoms with Gasteiger partial charge in [0.15, 0.2) is 0 Å². The summed E-state index contributed by atoms with van der Waals surface area (Å²) in [5, 5.41) is 4.24. The first kappa shape index (κ1) is 16.6. The number of nitrogens with zero attached hydrogens (tertiary/aromatic N) is 2. The van der Waals surface area contributed by atoms with Gasteiger partial charge in [-0.1, -0.05) is 26.0 Å². The molecule has 4 aromatic rings. The molecule has 0 saturated heterocycles. The molecule has 3 heterocycles. The summed E-state index contributed by atoms with van der Waals surface area (Å²) in [5.74, 6) is 0.567. The van der Waals surface area contributed by atoms with E-state index in [1.165, 1.54) is 10.4 Å². The first-order valence-corrected chi connectivity index (χ1v) is 9.54. The van der Waals surface area contributed by atoms with Gasteiger partial charge in [-0.15, -0.1) is 11.3 Å². The second-order valence-electron chi connectivity index (χ2n) is 4.75. The lowest BCUT2D eigenvalue weighted by molar-refractivity contribution is 0.400. The van der Waals surface area contributed by atoms with Crippen LogP contribution in [0.5, 0.6) is 5.88 Å². The van der Waals surface area contributed by atoms with Crippen LogP contribution in [-0.4, -0.2) is 17.1 Å². The van der Waals surface area contributed by atoms with Crippen LogP contribution in [-0.2, 0) is 0 Å². The number of ether oxygens (including phenoxy) is 1. The summed E-state index contributed by atoms with van der Waals surface area (Å²) in [4.78, 5) is 11.6. The Balaban J connectivity index is 0.000000815. The summed E-state index contributed by atoms with van der Waals surface area (Å²) in [6.07, 6.45) is 0. The topological polar surface area (TPSA) is 35.0 Å². The molecular formula is C19H18N2OS2. The van der Waals surface area contributed by atoms with Gasteiger partial charge in [0.1, 0.15) is 5.69 Å². The van der Waals surface area contributed by atoms with Crippen molar-refractivity contribution in [2.45, 2.75) is 13.8 Å². The molecule has 0 fully saturated rings. The van der Waals surface area contributed by atoms with Crippen LogP contribution in [0.1, 0.15) is 13.8 Å². The summed E-state index contributed by atoms with van der Waals surface area (Å²) in [6, 6.07) is 14.2. The molecule has 0 radical (unpaired) electrons. The van der Waals surface area contributed by atoms with Crippen LogP contribution in [0.15, 0.2) is 53.2 Å². The van der Waals surface area contributed by atoms with E-state index >= 15 is 0 Å². The Morgan fingerprint density at radius 1 is 0.875 bits per heavy atom. The van der Waals surface area contributed by atoms with Crippen molar-refractivity contribution in [1.82, 2.24) is 9.97 Å². The lowest BCUT2D eigenvalue weighted by atomic mass is 10.2. The standard InChI is InChI=1S/C17H12N2OS2.C2H6/c1-20-17-16(18-12-4-2-3-5-13(12)19-17)15-7-6-14(22-15)11-8-9-21-10-11;1-2/h2-10H,1H3;1-2H3. The van der Waals surface area contributed by atoms with Gasteiger partial charge in [0.25, 0.3) is 0 Å². The van der Waals surface area contributed by atoms with E-state index in [0.717, 1.165) is 21.6 Å². The first-order valence-electron chi connectivity index (χ1n) is 7.79. The van der Waals surface area contributed by atoms with Crippen molar-refractivity contribution < 1.29 is 4.74 Å². The molecule has 0 bridgehead atoms. The maximum atomic E-state index is 5.44. The molecule has 0 aliphatic heterocycles. The quantitative estimate of drug-likeness (QED) is 0.444. The predicted octanol–water partition coefficient (Wildman–Crippen LogP) is 6.12. The molecule has 0 N–H and O–H groups in total. The number of aromatic nitrogens is 2. The van der Waals surface area contributed by atoms with E-state index in [9.17, 15) is 0 Å². The molecule has 0 aliphatic carbocycles. The molecule has 24 heavy (non-hydrogen) atoms. The van der Waals surface area contributed by atoms with Crippen LogP contribution in [0.2, 0.25) is 0 Å². The lowest BCUT2D eigenvalue weighted by Gasteiger charge is -2.06. The summed E-state index contributed by atoms with van der Waals surface area (Å²) in [5.41, 5.74) is 3.77. The average Bonchev–Trinajstić information content (AvgIpc) is 3.33. The van der Waals surface area contributed by atoms with Crippen molar-refractivity contribution in [1.29, 1.82) is 0 Å². The van der Waals surface area contributed by atoms with Crippen LogP contribution in [0, 0.1) is 0 Å². The number of rotatable bonds is 3. The zero-order valence-electron chi connectivity index (χ0n) is 13.8. The minimum absolute atomic E-state index is 0.567. The fraction of sp³-hybridized carbons (Fsp3) is 0.158. The highest BCUT2D eigenvalue weighted by Crippen LogP contribution is 2.38. The van der Waals surface area contributed by atoms with Gasteiger partial charge < -0.3 is 4.74 Å². The molecule has 0 amide bonds. The highest BCUT2D eigenvalue weighted by molar-refractivity contribution is 7.19. The van der Waals surface area contributed by atoms with Crippen LogP contribution < -0.4 is 4.74 Å². The summed E-state index contributed by atoms with van der Waals surface area (Å²) >= 11 is 3.41. The zero-order chi connectivity index (χ0) is 16.9. The van der Waals surface area contributed by atoms with Gasteiger partial charge in [-0.25, -0.2) is 9.97 Å². The van der Waals surface area contributed by atoms with E-state index in [4.69, 9.17) is 9.72 Å². The predicted molar refractivity (Wildman–Crippen MR) is 104 cm³/mol. The smallest absolute Gasteiger partial charge is 0.241 e. The Labute approximate surface area is 149 Å². The maximum Gasteiger partial charge on any atom is 0.241 e. The molecule has 1 aromatic carbocycles. The van der Waals surface area contributed by atoms with Crippen molar-refractivity contribution in [3.05, 3.63) is 53.2 Å². The molecule has 0 saturated carbocycles. The third kappa shape index (κ3) is 3.18. The normalized spacial score (nSPS) is 10.3. The highest BCUT2D eigenvalue weighted by atomic mass is 32.1. The average molecular weight is 354 g/mol. The van der Waals surface area contributed by atoms with Crippen molar-refractivity contribution in [3.63, 3.8) is 0 Å². The van der Waals surface area contributed by atoms with E-state index in [1.807, 2.05) is 38.1 Å². The third-order valence-corrected chi connectivity index (χ3v) is 5.20. The Morgan fingerprint density at radius 2 is 1.58 bits per heavy atom. The summed E-state index contributed by atoms with van der Waals surface area (Å²) in [6.45, 7) is 4.00. The van der Waals surface area contributed by atoms with E-state index in [0.29, 0.717) is 5.88 Å². The van der Waals surface area contributed by atoms with E-state index in [1.54, 1.807) is 29.8 Å². The molecule has 3 aromatic heterocycles. The molecule has 0 aliphatic rings. The Bertz CT molecular complexity index is 930. The number of hydrogen-bond acceptors (Lipinski definition) is 5. The van der Waals surface area contributed by atoms with Gasteiger partial charge in [-0.05, 0) is 41.1 Å². The van der Waals surface area contributed by atoms with Crippen molar-refractivity contribution in [2.75, 3.05) is 7.11 Å². The second kappa shape index (κ2) is 7.55. The van der Waals surface area contributed by atoms with E-state index in [2.05, 4.69) is 33.9 Å². The molecule has 122 valence electrons. The van der Waals surface area contributed by atoms with Crippen LogP contribution in [0.3, 0.4) is 0 Å². The minimum atomic E-state index is 0.567. The number of methoxy groups -OCH3 is 1. The number of hydrogen-bond donors (Lipinski definition) is 0. The SMILES string of the molecule is CC.COc1nc2ccccc2nc1-c1ccc(-c2ccsc2)s1. The van der Waals surface area contributed by atoms with E-state index < -0.39 is 0 Å². The number of thiophene rings is 2. The van der Waals surface area contributed by atoms with Crippen LogP contribution >= 0.6 is 22.7 Å². The highest BCUT2D eigenvalue weighted by Gasteiger charge is 2.14. The molecule has 0 spiro atoms. The van der Waals surface area contributed by atoms with Crippen molar-refractivity contribution >= 4 is 33.7 Å². The van der Waals surface area contributed by atoms with Crippen LogP contribution in [0.4, 0.5) is 0 Å². The lowest BCUT2D eigenvalue weighted by Crippen LogP contribution is -1.95. The largest absolute Gasteiger partial charge is 0.479 e. The van der Waals surface area contributed by atoms with Gasteiger partial charge in [0.2, 0.25) is 5.88 Å². The third-order valence-electron chi connectivity index (χ3n) is 3.38. The summed E-state index contributed by atoms with van der Waals surface area (Å²) < 4.78 is 5.44. The summed E-state index contributed by atoms with van der Waals surface area (Å²) in [7, 11) is 1.63. The van der Waals surface area contributed by atoms with E-state index in [-0.39, 0.29) is 0 Å². The van der Waals surface area contributed by atoms with Gasteiger partial charge >= 0.3 is 0 Å². The van der Waals surface area contributed by atoms with Gasteiger partial charge in [0, 0.05) is 10.4 Å². The molecule has 4 rings (SSSR count). The Kier molecular flexibility index (Phi) is 5.23. The van der Waals surface area contributed by atoms with Crippen LogP contribution in [0.25, 0.3) is 32.0 Å². The fourth-order valence-corrected chi connectivity index (χ4v) is 4.03. The van der Waals surface area contributed by atoms with Gasteiger partial charge in [0.05, 0.1) is 23.0 Å². The van der Waals surface area contributed by atoms with Gasteiger partial charge in [-0.2, -0.15) is 11.3 Å². The first-order chi connectivity index (χ1) is 11.8. The number of fused-ring (bicyclic) bond motifs is 1. The number of para-hydroxylation sites is 2. The number of benzene rings is 1. The molecule has 5 heteroatoms. The molecule has 0 atom stereocenters. The zero-order valence-corrected chi connectivity index (χ0v) is 15.4. The van der Waals surface area contributed by atoms with Gasteiger partial charge in [-0.3, -0.25) is 0 Å². The molecule has 3 nitrogen and oxygen atoms in total. The molecule has 0 unspecified atom stereocenters. The minimum Gasteiger partial charge on any atom is -0.479 e. The molecular weight excluding hydrogens is 336 g/mol.